The van der Waals surface area contributed by atoms with Crippen molar-refractivity contribution in [1.29, 1.82) is 0 Å². The molecular weight excluding hydrogens is 148 g/mol. The number of aliphatic hydroxyl groups excluding tert-OH is 1. The lowest BCUT2D eigenvalue weighted by Gasteiger charge is -2.10. The van der Waals surface area contributed by atoms with Crippen LogP contribution in [-0.2, 0) is 4.74 Å². The molecule has 70 valence electrons. The molecule has 0 aromatic rings. The zero-order valence-electron chi connectivity index (χ0n) is 7.08. The first-order valence-electron chi connectivity index (χ1n) is 3.46. The van der Waals surface area contributed by atoms with Gasteiger partial charge in [0.2, 0.25) is 0 Å². The third-order valence-electron chi connectivity index (χ3n) is 0.662. The van der Waals surface area contributed by atoms with Gasteiger partial charge >= 0.3 is 0 Å². The Morgan fingerprint density at radius 1 is 1.27 bits per heavy atom. The minimum Gasteiger partial charge on any atom is -0.390 e. The maximum absolute atomic E-state index is 8.13. The van der Waals surface area contributed by atoms with E-state index in [1.54, 1.807) is 0 Å². The van der Waals surface area contributed by atoms with Crippen molar-refractivity contribution in [3.8, 4) is 0 Å². The Balaban J connectivity index is 0. The summed E-state index contributed by atoms with van der Waals surface area (Å²) in [6, 6.07) is 0. The lowest BCUT2D eigenvalue weighted by Crippen LogP contribution is -2.52. The lowest BCUT2D eigenvalue weighted by molar-refractivity contribution is -0.00341. The second-order valence-corrected chi connectivity index (χ2v) is 1.93. The SMILES string of the molecule is CCOCC.NC(N)(O)CO. The second kappa shape index (κ2) is 7.90. The van der Waals surface area contributed by atoms with Crippen LogP contribution in [-0.4, -0.2) is 35.9 Å². The van der Waals surface area contributed by atoms with Crippen molar-refractivity contribution in [1.82, 2.24) is 0 Å². The van der Waals surface area contributed by atoms with Crippen LogP contribution in [0, 0.1) is 0 Å². The molecule has 0 saturated carbocycles. The van der Waals surface area contributed by atoms with E-state index < -0.39 is 12.5 Å². The number of aliphatic hydroxyl groups is 2. The van der Waals surface area contributed by atoms with Gasteiger partial charge in [0, 0.05) is 13.2 Å². The average molecular weight is 166 g/mol. The summed E-state index contributed by atoms with van der Waals surface area (Å²) < 4.78 is 4.83. The molecular formula is C6H18N2O3. The predicted molar refractivity (Wildman–Crippen MR) is 42.6 cm³/mol. The van der Waals surface area contributed by atoms with E-state index in [0.29, 0.717) is 0 Å². The summed E-state index contributed by atoms with van der Waals surface area (Å²) in [5.41, 5.74) is 9.24. The molecule has 0 aliphatic carbocycles. The van der Waals surface area contributed by atoms with E-state index in [-0.39, 0.29) is 0 Å². The summed E-state index contributed by atoms with van der Waals surface area (Å²) in [4.78, 5) is 0. The molecule has 0 bridgehead atoms. The van der Waals surface area contributed by atoms with Gasteiger partial charge in [-0.25, -0.2) is 0 Å². The molecule has 0 atom stereocenters. The molecule has 0 unspecified atom stereocenters. The summed E-state index contributed by atoms with van der Waals surface area (Å²) in [5.74, 6) is -1.90. The number of ether oxygens (including phenoxy) is 1. The summed E-state index contributed by atoms with van der Waals surface area (Å²) in [6.45, 7) is 5.05. The van der Waals surface area contributed by atoms with E-state index in [1.165, 1.54) is 0 Å². The number of hydrogen-bond acceptors (Lipinski definition) is 5. The highest BCUT2D eigenvalue weighted by Crippen LogP contribution is 1.72. The van der Waals surface area contributed by atoms with Gasteiger partial charge in [-0.15, -0.1) is 0 Å². The molecule has 0 rings (SSSR count). The highest BCUT2D eigenvalue weighted by molar-refractivity contribution is 4.54. The van der Waals surface area contributed by atoms with Crippen molar-refractivity contribution in [2.24, 2.45) is 11.5 Å². The Kier molecular flexibility index (Phi) is 9.62. The minimum atomic E-state index is -1.90. The fourth-order valence-corrected chi connectivity index (χ4v) is 0.204. The molecule has 0 aromatic heterocycles. The Morgan fingerprint density at radius 2 is 1.55 bits per heavy atom. The number of hydrogen-bond donors (Lipinski definition) is 4. The van der Waals surface area contributed by atoms with Crippen molar-refractivity contribution in [2.75, 3.05) is 19.8 Å². The van der Waals surface area contributed by atoms with Gasteiger partial charge in [0.25, 0.3) is 0 Å². The van der Waals surface area contributed by atoms with E-state index >= 15 is 0 Å². The zero-order valence-corrected chi connectivity index (χ0v) is 7.08. The van der Waals surface area contributed by atoms with Gasteiger partial charge in [0.05, 0.1) is 6.61 Å². The van der Waals surface area contributed by atoms with Crippen LogP contribution in [0.2, 0.25) is 0 Å². The summed E-state index contributed by atoms with van der Waals surface area (Å²) in [7, 11) is 0. The Morgan fingerprint density at radius 3 is 1.55 bits per heavy atom. The molecule has 0 aromatic carbocycles. The maximum Gasteiger partial charge on any atom is 0.190 e. The minimum absolute atomic E-state index is 0.618. The predicted octanol–water partition coefficient (Wildman–Crippen LogP) is -1.41. The molecule has 6 N–H and O–H groups in total. The molecule has 0 amide bonds. The standard InChI is InChI=1S/C4H10O.C2H8N2O2/c1-3-5-4-2;3-2(4,6)1-5/h3-4H2,1-2H3;5-6H,1,3-4H2. The van der Waals surface area contributed by atoms with Gasteiger partial charge < -0.3 is 14.9 Å². The fraction of sp³-hybridized carbons (Fsp3) is 1.00. The van der Waals surface area contributed by atoms with Crippen molar-refractivity contribution >= 4 is 0 Å². The van der Waals surface area contributed by atoms with Crippen LogP contribution in [0.4, 0.5) is 0 Å². The van der Waals surface area contributed by atoms with E-state index in [4.69, 9.17) is 14.9 Å². The van der Waals surface area contributed by atoms with Gasteiger partial charge in [-0.1, -0.05) is 0 Å². The summed E-state index contributed by atoms with van der Waals surface area (Å²) >= 11 is 0. The third kappa shape index (κ3) is 25.9. The monoisotopic (exact) mass is 166 g/mol. The lowest BCUT2D eigenvalue weighted by atomic mass is 10.5. The Hall–Kier alpha value is -0.200. The van der Waals surface area contributed by atoms with E-state index in [0.717, 1.165) is 13.2 Å². The van der Waals surface area contributed by atoms with Crippen LogP contribution >= 0.6 is 0 Å². The molecule has 0 aliphatic heterocycles. The van der Waals surface area contributed by atoms with Crippen molar-refractivity contribution in [3.05, 3.63) is 0 Å². The van der Waals surface area contributed by atoms with Gasteiger partial charge in [0.15, 0.2) is 5.85 Å². The Bertz CT molecular complexity index is 70.7. The third-order valence-corrected chi connectivity index (χ3v) is 0.662. The van der Waals surface area contributed by atoms with Crippen LogP contribution in [0.15, 0.2) is 0 Å². The molecule has 5 heteroatoms. The molecule has 0 spiro atoms. The van der Waals surface area contributed by atoms with Gasteiger partial charge in [-0.05, 0) is 13.8 Å². The van der Waals surface area contributed by atoms with E-state index in [1.807, 2.05) is 13.8 Å². The van der Waals surface area contributed by atoms with Gasteiger partial charge in [0.1, 0.15) is 0 Å². The highest BCUT2D eigenvalue weighted by Gasteiger charge is 2.08. The van der Waals surface area contributed by atoms with Crippen molar-refractivity contribution < 1.29 is 14.9 Å². The molecule has 0 fully saturated rings. The first-order chi connectivity index (χ1) is 4.97. The van der Waals surface area contributed by atoms with Crippen molar-refractivity contribution in [2.45, 2.75) is 19.7 Å². The number of nitrogens with two attached hydrogens (primary N) is 2. The van der Waals surface area contributed by atoms with Gasteiger partial charge in [-0.3, -0.25) is 11.5 Å². The highest BCUT2D eigenvalue weighted by atomic mass is 16.5. The van der Waals surface area contributed by atoms with E-state index in [9.17, 15) is 0 Å². The summed E-state index contributed by atoms with van der Waals surface area (Å²) in [6.07, 6.45) is 0. The van der Waals surface area contributed by atoms with Crippen LogP contribution in [0.3, 0.4) is 0 Å². The molecule has 0 heterocycles. The fourth-order valence-electron chi connectivity index (χ4n) is 0.204. The average Bonchev–Trinajstić information content (AvgIpc) is 1.90. The van der Waals surface area contributed by atoms with Crippen LogP contribution < -0.4 is 11.5 Å². The first kappa shape index (κ1) is 13.4. The molecule has 5 nitrogen and oxygen atoms in total. The molecule has 11 heavy (non-hydrogen) atoms. The van der Waals surface area contributed by atoms with Crippen LogP contribution in [0.5, 0.6) is 0 Å². The first-order valence-corrected chi connectivity index (χ1v) is 3.46. The molecule has 0 saturated heterocycles. The molecule has 0 aliphatic rings. The molecule has 0 radical (unpaired) electrons. The Labute approximate surface area is 67.0 Å². The smallest absolute Gasteiger partial charge is 0.190 e. The topological polar surface area (TPSA) is 102 Å². The number of rotatable bonds is 3. The van der Waals surface area contributed by atoms with Crippen LogP contribution in [0.25, 0.3) is 0 Å². The van der Waals surface area contributed by atoms with E-state index in [2.05, 4.69) is 11.5 Å². The van der Waals surface area contributed by atoms with Gasteiger partial charge in [-0.2, -0.15) is 0 Å². The second-order valence-electron chi connectivity index (χ2n) is 1.93. The quantitative estimate of drug-likeness (QED) is 0.386. The van der Waals surface area contributed by atoms with Crippen LogP contribution in [0.1, 0.15) is 13.8 Å². The zero-order chi connectivity index (χ0) is 9.33. The summed E-state index contributed by atoms with van der Waals surface area (Å²) in [5, 5.41) is 16.0. The maximum atomic E-state index is 8.13. The van der Waals surface area contributed by atoms with Crippen molar-refractivity contribution in [3.63, 3.8) is 0 Å². The largest absolute Gasteiger partial charge is 0.390 e. The normalized spacial score (nSPS) is 10.4.